The van der Waals surface area contributed by atoms with Crippen LogP contribution in [0.3, 0.4) is 0 Å². The van der Waals surface area contributed by atoms with E-state index in [9.17, 15) is 17.7 Å². The first kappa shape index (κ1) is 27.8. The maximum absolute atomic E-state index is 15.4. The summed E-state index contributed by atoms with van der Waals surface area (Å²) in [5, 5.41) is 0.343. The minimum Gasteiger partial charge on any atom is -0.492 e. The molecule has 182 valence electrons. The van der Waals surface area contributed by atoms with Crippen molar-refractivity contribution in [2.75, 3.05) is 26.9 Å². The van der Waals surface area contributed by atoms with Crippen molar-refractivity contribution in [2.24, 2.45) is 0 Å². The van der Waals surface area contributed by atoms with Gasteiger partial charge in [-0.15, -0.1) is 11.3 Å². The van der Waals surface area contributed by atoms with Gasteiger partial charge < -0.3 is 13.8 Å². The third-order valence-corrected chi connectivity index (χ3v) is 9.28. The molecule has 0 saturated heterocycles. The molecule has 0 radical (unpaired) electrons. The van der Waals surface area contributed by atoms with Crippen LogP contribution in [0.1, 0.15) is 31.6 Å². The summed E-state index contributed by atoms with van der Waals surface area (Å²) in [6.45, 7) is 2.11. The van der Waals surface area contributed by atoms with Crippen LogP contribution in [0.2, 0.25) is 0 Å². The van der Waals surface area contributed by atoms with Gasteiger partial charge in [-0.05, 0) is 67.3 Å². The van der Waals surface area contributed by atoms with Gasteiger partial charge in [0.05, 0.1) is 24.5 Å². The van der Waals surface area contributed by atoms with Crippen molar-refractivity contribution < 1.29 is 40.3 Å². The summed E-state index contributed by atoms with van der Waals surface area (Å²) in [6, 6.07) is 3.16. The van der Waals surface area contributed by atoms with Gasteiger partial charge in [0.1, 0.15) is 10.6 Å². The average Bonchev–Trinajstić information content (AvgIpc) is 3.02. The van der Waals surface area contributed by atoms with Crippen LogP contribution in [0.25, 0.3) is 10.1 Å². The van der Waals surface area contributed by atoms with Crippen molar-refractivity contribution in [3.05, 3.63) is 21.5 Å². The van der Waals surface area contributed by atoms with E-state index in [0.717, 1.165) is 0 Å². The van der Waals surface area contributed by atoms with Gasteiger partial charge in [-0.3, -0.25) is 9.29 Å². The predicted octanol–water partition coefficient (Wildman–Crippen LogP) is 7.93. The van der Waals surface area contributed by atoms with E-state index in [-0.39, 0.29) is 41.2 Å². The molecule has 5 nitrogen and oxygen atoms in total. The van der Waals surface area contributed by atoms with Gasteiger partial charge >= 0.3 is 19.4 Å². The molecule has 0 aliphatic heterocycles. The Bertz CT molecular complexity index is 963. The molecule has 0 amide bonds. The van der Waals surface area contributed by atoms with Crippen LogP contribution in [0.4, 0.5) is 22.0 Å². The zero-order chi connectivity index (χ0) is 24.2. The van der Waals surface area contributed by atoms with Gasteiger partial charge in [-0.25, -0.2) is 0 Å². The molecule has 2 aromatic rings. The zero-order valence-electron chi connectivity index (χ0n) is 17.4. The summed E-state index contributed by atoms with van der Waals surface area (Å²) in [6.07, 6.45) is -5.62. The van der Waals surface area contributed by atoms with E-state index in [2.05, 4.69) is 20.7 Å². The third-order valence-electron chi connectivity index (χ3n) is 3.97. The van der Waals surface area contributed by atoms with Crippen molar-refractivity contribution >= 4 is 56.9 Å². The highest BCUT2D eigenvalue weighted by atomic mass is 79.9. The molecule has 14 heteroatoms. The number of rotatable bonds is 12. The number of hydrogen-bond acceptors (Lipinski definition) is 7. The molecular formula is C18H22BrF5NO4PS2. The minimum atomic E-state index is -4.85. The second-order valence-corrected chi connectivity index (χ2v) is 11.3. The molecule has 0 unspecified atom stereocenters. The molecule has 1 aromatic carbocycles. The van der Waals surface area contributed by atoms with Gasteiger partial charge in [-0.2, -0.15) is 22.0 Å². The van der Waals surface area contributed by atoms with E-state index in [1.807, 2.05) is 0 Å². The Morgan fingerprint density at radius 2 is 1.78 bits per heavy atom. The summed E-state index contributed by atoms with van der Waals surface area (Å²) in [7, 11) is -3.19. The van der Waals surface area contributed by atoms with E-state index >= 15 is 8.78 Å². The molecule has 1 N–H and O–H groups in total. The van der Waals surface area contributed by atoms with Gasteiger partial charge in [0.25, 0.3) is 0 Å². The number of hydrogen-bond donors (Lipinski definition) is 1. The topological polar surface area (TPSA) is 56.8 Å². The maximum Gasteiger partial charge on any atom is 0.405 e. The minimum absolute atomic E-state index is 0.0131. The number of fused-ring (bicyclic) bond motifs is 1. The Balaban J connectivity index is 2.53. The summed E-state index contributed by atoms with van der Waals surface area (Å²) in [5.41, 5.74) is -3.97. The quantitative estimate of drug-likeness (QED) is 0.118. The van der Waals surface area contributed by atoms with Crippen LogP contribution >= 0.6 is 46.8 Å². The number of benzene rings is 1. The van der Waals surface area contributed by atoms with E-state index < -0.39 is 30.7 Å². The lowest BCUT2D eigenvalue weighted by Crippen LogP contribution is -2.17. The van der Waals surface area contributed by atoms with E-state index in [1.54, 1.807) is 19.2 Å². The highest BCUT2D eigenvalue weighted by Crippen LogP contribution is 2.69. The van der Waals surface area contributed by atoms with Crippen LogP contribution < -0.4 is 9.46 Å². The Labute approximate surface area is 199 Å². The summed E-state index contributed by atoms with van der Waals surface area (Å²) < 4.78 is 99.2. The van der Waals surface area contributed by atoms with Crippen LogP contribution in [-0.4, -0.2) is 33.0 Å². The lowest BCUT2D eigenvalue weighted by atomic mass is 10.2. The first-order valence-corrected chi connectivity index (χ1v) is 13.4. The van der Waals surface area contributed by atoms with Crippen molar-refractivity contribution in [3.63, 3.8) is 0 Å². The molecule has 0 spiro atoms. The number of alkyl halides is 5. The molecular weight excluding hydrogens is 564 g/mol. The molecule has 0 aliphatic carbocycles. The molecule has 0 bridgehead atoms. The predicted molar refractivity (Wildman–Crippen MR) is 120 cm³/mol. The Kier molecular flexibility index (Phi) is 9.85. The second-order valence-electron chi connectivity index (χ2n) is 6.29. The van der Waals surface area contributed by atoms with Gasteiger partial charge in [0.15, 0.2) is 0 Å². The standard InChI is InChI=1S/C18H22BrF5NO4PS2/c1-4-28-30(26,29-5-2)18(23,24)16-14(19)12-9-11(32-25-3)10-13(15(12)31-16)27-8-6-7-17(20,21)22/h9-10,25H,4-8H2,1-3H3. The Hall–Kier alpha value is -0.430. The number of thiophene rings is 1. The van der Waals surface area contributed by atoms with Crippen LogP contribution in [-0.2, 0) is 19.3 Å². The normalized spacial score (nSPS) is 13.2. The van der Waals surface area contributed by atoms with E-state index in [1.165, 1.54) is 25.8 Å². The molecule has 32 heavy (non-hydrogen) atoms. The fourth-order valence-electron chi connectivity index (χ4n) is 2.71. The second kappa shape index (κ2) is 11.3. The van der Waals surface area contributed by atoms with Crippen molar-refractivity contribution in [1.82, 2.24) is 4.72 Å². The highest BCUT2D eigenvalue weighted by Gasteiger charge is 2.57. The molecule has 0 atom stereocenters. The van der Waals surface area contributed by atoms with E-state index in [0.29, 0.717) is 21.6 Å². The summed E-state index contributed by atoms with van der Waals surface area (Å²) >= 11 is 4.97. The molecule has 0 saturated carbocycles. The first-order chi connectivity index (χ1) is 14.9. The molecule has 0 aliphatic rings. The third kappa shape index (κ3) is 6.37. The van der Waals surface area contributed by atoms with Gasteiger partial charge in [-0.1, -0.05) is 0 Å². The number of ether oxygens (including phenoxy) is 1. The number of halogens is 6. The first-order valence-electron chi connectivity index (χ1n) is 9.46. The Morgan fingerprint density at radius 1 is 1.16 bits per heavy atom. The van der Waals surface area contributed by atoms with Crippen molar-refractivity contribution in [3.8, 4) is 5.75 Å². The van der Waals surface area contributed by atoms with Crippen LogP contribution in [0, 0.1) is 0 Å². The van der Waals surface area contributed by atoms with Crippen molar-refractivity contribution in [2.45, 2.75) is 43.4 Å². The molecule has 1 heterocycles. The fraction of sp³-hybridized carbons (Fsp3) is 0.556. The Morgan fingerprint density at radius 3 is 2.31 bits per heavy atom. The monoisotopic (exact) mass is 585 g/mol. The number of nitrogens with one attached hydrogen (secondary N) is 1. The fourth-order valence-corrected chi connectivity index (χ4v) is 7.31. The van der Waals surface area contributed by atoms with Crippen LogP contribution in [0.15, 0.2) is 21.5 Å². The smallest absolute Gasteiger partial charge is 0.405 e. The van der Waals surface area contributed by atoms with Gasteiger partial charge in [0, 0.05) is 21.2 Å². The van der Waals surface area contributed by atoms with Crippen molar-refractivity contribution in [1.29, 1.82) is 0 Å². The highest BCUT2D eigenvalue weighted by molar-refractivity contribution is 9.10. The summed E-state index contributed by atoms with van der Waals surface area (Å²) in [5.74, 6) is 0.151. The molecule has 0 fully saturated rings. The molecule has 2 rings (SSSR count). The summed E-state index contributed by atoms with van der Waals surface area (Å²) in [4.78, 5) is 0.0152. The average molecular weight is 586 g/mol. The maximum atomic E-state index is 15.4. The van der Waals surface area contributed by atoms with E-state index in [4.69, 9.17) is 13.8 Å². The lowest BCUT2D eigenvalue weighted by molar-refractivity contribution is -0.136. The SMILES string of the molecule is CCOP(=O)(OCC)C(F)(F)c1sc2c(OCCCC(F)(F)F)cc(SNC)cc2c1Br. The zero-order valence-corrected chi connectivity index (χ0v) is 21.5. The van der Waals surface area contributed by atoms with Crippen LogP contribution in [0.5, 0.6) is 5.75 Å². The molecule has 1 aromatic heterocycles. The van der Waals surface area contributed by atoms with Gasteiger partial charge in [0.2, 0.25) is 0 Å². The largest absolute Gasteiger partial charge is 0.492 e. The lowest BCUT2D eigenvalue weighted by Gasteiger charge is -2.25.